The Kier molecular flexibility index (Phi) is 6.46. The molecule has 158 valence electrons. The van der Waals surface area contributed by atoms with Crippen molar-refractivity contribution < 1.29 is 4.79 Å². The summed E-state index contributed by atoms with van der Waals surface area (Å²) in [5, 5.41) is 5.92. The van der Waals surface area contributed by atoms with Gasteiger partial charge in [-0.1, -0.05) is 48.5 Å². The molecule has 2 aromatic carbocycles. The van der Waals surface area contributed by atoms with Crippen molar-refractivity contribution in [3.63, 3.8) is 0 Å². The van der Waals surface area contributed by atoms with Crippen molar-refractivity contribution in [1.82, 2.24) is 9.55 Å². The number of para-hydroxylation sites is 1. The standard InChI is InChI=1S/C23H20ClN3O2S2/c1-3-15-6-4-5-14(2)20(15)26-19(28)13-31-23-25-18-11-12-30-21(18)22(29)27(23)17-9-7-16(24)8-10-17/h4-12H,3,13H2,1-2H3,(H,26,28). The van der Waals surface area contributed by atoms with Crippen LogP contribution >= 0.6 is 34.7 Å². The minimum Gasteiger partial charge on any atom is -0.325 e. The Balaban J connectivity index is 1.64. The monoisotopic (exact) mass is 469 g/mol. The number of carbonyl (C=O) groups excluding carboxylic acids is 1. The van der Waals surface area contributed by atoms with Crippen LogP contribution in [0.2, 0.25) is 5.02 Å². The molecule has 1 amide bonds. The van der Waals surface area contributed by atoms with E-state index in [0.29, 0.717) is 26.1 Å². The third-order valence-electron chi connectivity index (χ3n) is 4.87. The van der Waals surface area contributed by atoms with Gasteiger partial charge in [-0.2, -0.15) is 0 Å². The second-order valence-corrected chi connectivity index (χ2v) is 9.24. The molecule has 2 heterocycles. The van der Waals surface area contributed by atoms with E-state index in [9.17, 15) is 9.59 Å². The van der Waals surface area contributed by atoms with Crippen LogP contribution in [0, 0.1) is 6.92 Å². The lowest BCUT2D eigenvalue weighted by Gasteiger charge is -2.14. The van der Waals surface area contributed by atoms with Gasteiger partial charge in [-0.25, -0.2) is 4.98 Å². The van der Waals surface area contributed by atoms with E-state index in [-0.39, 0.29) is 17.2 Å². The summed E-state index contributed by atoms with van der Waals surface area (Å²) >= 11 is 8.61. The van der Waals surface area contributed by atoms with Crippen LogP contribution < -0.4 is 10.9 Å². The van der Waals surface area contributed by atoms with E-state index in [1.165, 1.54) is 23.1 Å². The summed E-state index contributed by atoms with van der Waals surface area (Å²) < 4.78 is 2.12. The molecule has 0 atom stereocenters. The molecule has 1 N–H and O–H groups in total. The van der Waals surface area contributed by atoms with Gasteiger partial charge in [0.05, 0.1) is 17.0 Å². The van der Waals surface area contributed by atoms with Crippen molar-refractivity contribution in [3.8, 4) is 5.69 Å². The van der Waals surface area contributed by atoms with Gasteiger partial charge in [0.1, 0.15) is 4.70 Å². The molecule has 0 aliphatic heterocycles. The van der Waals surface area contributed by atoms with Crippen LogP contribution in [0.3, 0.4) is 0 Å². The highest BCUT2D eigenvalue weighted by Gasteiger charge is 2.16. The number of anilines is 1. The van der Waals surface area contributed by atoms with Crippen molar-refractivity contribution in [3.05, 3.63) is 80.4 Å². The molecule has 0 aliphatic carbocycles. The Bertz CT molecular complexity index is 1310. The van der Waals surface area contributed by atoms with Crippen molar-refractivity contribution in [2.45, 2.75) is 25.4 Å². The third kappa shape index (κ3) is 4.54. The first-order valence-electron chi connectivity index (χ1n) is 9.75. The second-order valence-electron chi connectivity index (χ2n) is 6.95. The lowest BCUT2D eigenvalue weighted by molar-refractivity contribution is -0.113. The van der Waals surface area contributed by atoms with Gasteiger partial charge < -0.3 is 5.32 Å². The Morgan fingerprint density at radius 1 is 1.19 bits per heavy atom. The van der Waals surface area contributed by atoms with Crippen LogP contribution in [0.25, 0.3) is 15.9 Å². The van der Waals surface area contributed by atoms with E-state index >= 15 is 0 Å². The maximum atomic E-state index is 13.1. The van der Waals surface area contributed by atoms with Gasteiger partial charge in [0.25, 0.3) is 5.56 Å². The number of fused-ring (bicyclic) bond motifs is 1. The fourth-order valence-corrected chi connectivity index (χ4v) is 5.01. The van der Waals surface area contributed by atoms with Crippen LogP contribution in [0.15, 0.2) is 63.9 Å². The van der Waals surface area contributed by atoms with Crippen LogP contribution in [-0.4, -0.2) is 21.2 Å². The van der Waals surface area contributed by atoms with E-state index in [2.05, 4.69) is 17.2 Å². The van der Waals surface area contributed by atoms with Gasteiger partial charge in [0.2, 0.25) is 5.91 Å². The molecule has 0 spiro atoms. The fourth-order valence-electron chi connectivity index (χ4n) is 3.31. The Hall–Kier alpha value is -2.61. The molecule has 0 aliphatic rings. The summed E-state index contributed by atoms with van der Waals surface area (Å²) in [6.45, 7) is 4.04. The number of aromatic nitrogens is 2. The molecule has 5 nitrogen and oxygen atoms in total. The lowest BCUT2D eigenvalue weighted by Crippen LogP contribution is -2.22. The minimum atomic E-state index is -0.155. The van der Waals surface area contributed by atoms with Crippen LogP contribution in [-0.2, 0) is 11.2 Å². The lowest BCUT2D eigenvalue weighted by atomic mass is 10.1. The molecule has 0 radical (unpaired) electrons. The highest BCUT2D eigenvalue weighted by atomic mass is 35.5. The van der Waals surface area contributed by atoms with Crippen LogP contribution in [0.4, 0.5) is 5.69 Å². The first kappa shape index (κ1) is 21.6. The largest absolute Gasteiger partial charge is 0.325 e. The number of nitrogens with one attached hydrogen (secondary N) is 1. The number of thioether (sulfide) groups is 1. The van der Waals surface area contributed by atoms with Crippen LogP contribution in [0.1, 0.15) is 18.1 Å². The number of nitrogens with zero attached hydrogens (tertiary/aromatic N) is 2. The maximum absolute atomic E-state index is 13.1. The van der Waals surface area contributed by atoms with E-state index in [4.69, 9.17) is 11.6 Å². The van der Waals surface area contributed by atoms with Crippen molar-refractivity contribution in [2.24, 2.45) is 0 Å². The average Bonchev–Trinajstić information content (AvgIpc) is 3.24. The van der Waals surface area contributed by atoms with Gasteiger partial charge >= 0.3 is 0 Å². The number of benzene rings is 2. The smallest absolute Gasteiger partial charge is 0.276 e. The minimum absolute atomic E-state index is 0.132. The van der Waals surface area contributed by atoms with Gasteiger partial charge in [-0.15, -0.1) is 11.3 Å². The summed E-state index contributed by atoms with van der Waals surface area (Å²) in [5.41, 5.74) is 4.11. The number of hydrogen-bond donors (Lipinski definition) is 1. The van der Waals surface area contributed by atoms with E-state index in [1.807, 2.05) is 36.6 Å². The van der Waals surface area contributed by atoms with Gasteiger partial charge in [0.15, 0.2) is 5.16 Å². The molecule has 4 rings (SSSR count). The van der Waals surface area contributed by atoms with Gasteiger partial charge in [0, 0.05) is 10.7 Å². The molecule has 0 saturated carbocycles. The number of thiophene rings is 1. The third-order valence-corrected chi connectivity index (χ3v) is 6.95. The number of hydrogen-bond acceptors (Lipinski definition) is 5. The second kappa shape index (κ2) is 9.26. The summed E-state index contributed by atoms with van der Waals surface area (Å²) in [6.07, 6.45) is 0.830. The summed E-state index contributed by atoms with van der Waals surface area (Å²) in [7, 11) is 0. The molecule has 31 heavy (non-hydrogen) atoms. The van der Waals surface area contributed by atoms with E-state index in [1.54, 1.807) is 28.8 Å². The molecule has 0 fully saturated rings. The quantitative estimate of drug-likeness (QED) is 0.290. The number of carbonyl (C=O) groups is 1. The number of rotatable bonds is 6. The highest BCUT2D eigenvalue weighted by molar-refractivity contribution is 7.99. The molecule has 4 aromatic rings. The van der Waals surface area contributed by atoms with Crippen molar-refractivity contribution >= 4 is 56.5 Å². The topological polar surface area (TPSA) is 64.0 Å². The number of amides is 1. The Morgan fingerprint density at radius 3 is 2.71 bits per heavy atom. The number of aryl methyl sites for hydroxylation is 2. The summed E-state index contributed by atoms with van der Waals surface area (Å²) in [6, 6.07) is 14.8. The zero-order chi connectivity index (χ0) is 22.0. The zero-order valence-electron chi connectivity index (χ0n) is 17.0. The van der Waals surface area contributed by atoms with E-state index < -0.39 is 0 Å². The van der Waals surface area contributed by atoms with Crippen molar-refractivity contribution in [2.75, 3.05) is 11.1 Å². The Morgan fingerprint density at radius 2 is 1.97 bits per heavy atom. The molecular weight excluding hydrogens is 450 g/mol. The Labute approximate surface area is 193 Å². The van der Waals surface area contributed by atoms with Crippen molar-refractivity contribution in [1.29, 1.82) is 0 Å². The first-order valence-corrected chi connectivity index (χ1v) is 12.0. The fraction of sp³-hybridized carbons (Fsp3) is 0.174. The van der Waals surface area contributed by atoms with Crippen LogP contribution in [0.5, 0.6) is 0 Å². The predicted molar refractivity (Wildman–Crippen MR) is 130 cm³/mol. The highest BCUT2D eigenvalue weighted by Crippen LogP contribution is 2.26. The zero-order valence-corrected chi connectivity index (χ0v) is 19.4. The molecule has 2 aromatic heterocycles. The summed E-state index contributed by atoms with van der Waals surface area (Å²) in [5.74, 6) is -0.0102. The van der Waals surface area contributed by atoms with Gasteiger partial charge in [-0.3, -0.25) is 14.2 Å². The number of halogens is 1. The normalized spacial score (nSPS) is 11.1. The first-order chi connectivity index (χ1) is 15.0. The summed E-state index contributed by atoms with van der Waals surface area (Å²) in [4.78, 5) is 30.5. The average molecular weight is 470 g/mol. The molecule has 8 heteroatoms. The predicted octanol–water partition coefficient (Wildman–Crippen LogP) is 5.70. The maximum Gasteiger partial charge on any atom is 0.276 e. The molecule has 0 unspecified atom stereocenters. The molecule has 0 bridgehead atoms. The molecular formula is C23H20ClN3O2S2. The van der Waals surface area contributed by atoms with Gasteiger partial charge in [-0.05, 0) is 60.2 Å². The van der Waals surface area contributed by atoms with E-state index in [0.717, 1.165) is 23.2 Å². The SMILES string of the molecule is CCc1cccc(C)c1NC(=O)CSc1nc2ccsc2c(=O)n1-c1ccc(Cl)cc1. The molecule has 0 saturated heterocycles.